The maximum Gasteiger partial charge on any atom is 0.253 e. The molecule has 134 valence electrons. The summed E-state index contributed by atoms with van der Waals surface area (Å²) in [4.78, 5) is 19.0. The first-order chi connectivity index (χ1) is 12.6. The van der Waals surface area contributed by atoms with Crippen LogP contribution in [0.4, 0.5) is 0 Å². The summed E-state index contributed by atoms with van der Waals surface area (Å²) >= 11 is 7.74. The largest absolute Gasteiger partial charge is 0.339 e. The molecule has 0 aliphatic carbocycles. The van der Waals surface area contributed by atoms with Crippen LogP contribution in [0, 0.1) is 0 Å². The number of carbonyl (C=O) groups excluding carboxylic acids is 1. The van der Waals surface area contributed by atoms with Gasteiger partial charge in [0.05, 0.1) is 11.0 Å². The molecule has 1 aromatic heterocycles. The van der Waals surface area contributed by atoms with Crippen molar-refractivity contribution in [3.63, 3.8) is 0 Å². The molecule has 0 N–H and O–H groups in total. The Morgan fingerprint density at radius 1 is 1.15 bits per heavy atom. The molecule has 3 aromatic rings. The van der Waals surface area contributed by atoms with Crippen molar-refractivity contribution < 1.29 is 4.79 Å². The number of aryl methyl sites for hydroxylation is 1. The number of hydrogen-bond donors (Lipinski definition) is 0. The number of likely N-dealkylation sites (tertiary alicyclic amines) is 1. The van der Waals surface area contributed by atoms with Gasteiger partial charge in [0.2, 0.25) is 0 Å². The minimum atomic E-state index is 0.147. The van der Waals surface area contributed by atoms with Gasteiger partial charge in [-0.1, -0.05) is 35.5 Å². The van der Waals surface area contributed by atoms with Crippen LogP contribution in [0.25, 0.3) is 11.0 Å². The zero-order chi connectivity index (χ0) is 18.1. The van der Waals surface area contributed by atoms with Crippen LogP contribution in [-0.2, 0) is 12.8 Å². The van der Waals surface area contributed by atoms with Crippen LogP contribution < -0.4 is 0 Å². The standard InChI is InChI=1S/C20H20ClN3OS/c1-23-18-9-8-16(21)12-17(18)22-20(23)26-13-14-4-6-15(7-5-14)19(25)24-10-2-3-11-24/h4-9,12H,2-3,10-11,13H2,1H3. The van der Waals surface area contributed by atoms with Gasteiger partial charge in [0, 0.05) is 36.5 Å². The highest BCUT2D eigenvalue weighted by Gasteiger charge is 2.19. The van der Waals surface area contributed by atoms with Crippen molar-refractivity contribution in [1.82, 2.24) is 14.5 Å². The molecule has 1 amide bonds. The summed E-state index contributed by atoms with van der Waals surface area (Å²) in [6.45, 7) is 1.76. The van der Waals surface area contributed by atoms with E-state index in [1.807, 2.05) is 54.4 Å². The molecular formula is C20H20ClN3OS. The van der Waals surface area contributed by atoms with Crippen LogP contribution in [0.1, 0.15) is 28.8 Å². The van der Waals surface area contributed by atoms with Gasteiger partial charge in [0.1, 0.15) is 0 Å². The van der Waals surface area contributed by atoms with Crippen LogP contribution in [-0.4, -0.2) is 33.4 Å². The molecule has 1 saturated heterocycles. The summed E-state index contributed by atoms with van der Waals surface area (Å²) < 4.78 is 2.08. The third-order valence-electron chi connectivity index (χ3n) is 4.76. The van der Waals surface area contributed by atoms with E-state index in [-0.39, 0.29) is 5.91 Å². The van der Waals surface area contributed by atoms with Gasteiger partial charge in [-0.15, -0.1) is 0 Å². The summed E-state index contributed by atoms with van der Waals surface area (Å²) in [6, 6.07) is 13.7. The molecule has 2 heterocycles. The van der Waals surface area contributed by atoms with E-state index >= 15 is 0 Å². The number of benzene rings is 2. The van der Waals surface area contributed by atoms with E-state index in [9.17, 15) is 4.79 Å². The highest BCUT2D eigenvalue weighted by molar-refractivity contribution is 7.98. The molecular weight excluding hydrogens is 366 g/mol. The number of nitrogens with zero attached hydrogens (tertiary/aromatic N) is 3. The number of halogens is 1. The topological polar surface area (TPSA) is 38.1 Å². The molecule has 1 fully saturated rings. The maximum absolute atomic E-state index is 12.4. The minimum Gasteiger partial charge on any atom is -0.339 e. The fourth-order valence-electron chi connectivity index (χ4n) is 3.27. The van der Waals surface area contributed by atoms with Crippen molar-refractivity contribution in [2.45, 2.75) is 23.8 Å². The van der Waals surface area contributed by atoms with Crippen LogP contribution in [0.3, 0.4) is 0 Å². The number of carbonyl (C=O) groups is 1. The Morgan fingerprint density at radius 3 is 2.62 bits per heavy atom. The second-order valence-electron chi connectivity index (χ2n) is 6.57. The van der Waals surface area contributed by atoms with Gasteiger partial charge in [-0.05, 0) is 48.7 Å². The summed E-state index contributed by atoms with van der Waals surface area (Å²) in [5, 5.41) is 1.66. The zero-order valence-electron chi connectivity index (χ0n) is 14.6. The number of amides is 1. The molecule has 0 spiro atoms. The van der Waals surface area contributed by atoms with Gasteiger partial charge in [0.25, 0.3) is 5.91 Å². The van der Waals surface area contributed by atoms with Gasteiger partial charge >= 0.3 is 0 Å². The second kappa shape index (κ2) is 7.33. The summed E-state index contributed by atoms with van der Waals surface area (Å²) in [5.74, 6) is 0.956. The molecule has 0 bridgehead atoms. The lowest BCUT2D eigenvalue weighted by molar-refractivity contribution is 0.0793. The zero-order valence-corrected chi connectivity index (χ0v) is 16.2. The SMILES string of the molecule is Cn1c(SCc2ccc(C(=O)N3CCCC3)cc2)nc2cc(Cl)ccc21. The molecule has 26 heavy (non-hydrogen) atoms. The summed E-state index contributed by atoms with van der Waals surface area (Å²) in [6.07, 6.45) is 2.23. The number of imidazole rings is 1. The quantitative estimate of drug-likeness (QED) is 0.608. The Hall–Kier alpha value is -1.98. The molecule has 4 nitrogen and oxygen atoms in total. The molecule has 0 radical (unpaired) electrons. The first-order valence-corrected chi connectivity index (χ1v) is 10.1. The first kappa shape index (κ1) is 17.4. The summed E-state index contributed by atoms with van der Waals surface area (Å²) in [5.41, 5.74) is 3.94. The molecule has 1 aliphatic rings. The Labute approximate surface area is 162 Å². The van der Waals surface area contributed by atoms with Crippen LogP contribution in [0.15, 0.2) is 47.6 Å². The van der Waals surface area contributed by atoms with E-state index in [2.05, 4.69) is 9.55 Å². The first-order valence-electron chi connectivity index (χ1n) is 8.75. The van der Waals surface area contributed by atoms with Gasteiger partial charge in [-0.3, -0.25) is 4.79 Å². The molecule has 2 aromatic carbocycles. The van der Waals surface area contributed by atoms with Crippen LogP contribution >= 0.6 is 23.4 Å². The van der Waals surface area contributed by atoms with E-state index in [0.29, 0.717) is 5.02 Å². The number of rotatable bonds is 4. The number of thioether (sulfide) groups is 1. The van der Waals surface area contributed by atoms with Crippen LogP contribution in [0.2, 0.25) is 5.02 Å². The number of hydrogen-bond acceptors (Lipinski definition) is 3. The smallest absolute Gasteiger partial charge is 0.253 e. The lowest BCUT2D eigenvalue weighted by Crippen LogP contribution is -2.27. The normalized spacial score (nSPS) is 14.3. The minimum absolute atomic E-state index is 0.147. The lowest BCUT2D eigenvalue weighted by Gasteiger charge is -2.15. The molecule has 0 saturated carbocycles. The highest BCUT2D eigenvalue weighted by atomic mass is 35.5. The predicted octanol–water partition coefficient (Wildman–Crippen LogP) is 4.76. The van der Waals surface area contributed by atoms with Crippen molar-refractivity contribution in [2.75, 3.05) is 13.1 Å². The maximum atomic E-state index is 12.4. The highest BCUT2D eigenvalue weighted by Crippen LogP contribution is 2.27. The molecule has 1 aliphatic heterocycles. The average molecular weight is 386 g/mol. The Kier molecular flexibility index (Phi) is 4.92. The van der Waals surface area contributed by atoms with Gasteiger partial charge < -0.3 is 9.47 Å². The monoisotopic (exact) mass is 385 g/mol. The van der Waals surface area contributed by atoms with E-state index in [4.69, 9.17) is 11.6 Å². The summed E-state index contributed by atoms with van der Waals surface area (Å²) in [7, 11) is 2.02. The van der Waals surface area contributed by atoms with E-state index in [1.54, 1.807) is 11.8 Å². The van der Waals surface area contributed by atoms with Crippen molar-refractivity contribution in [3.05, 3.63) is 58.6 Å². The third-order valence-corrected chi connectivity index (χ3v) is 6.10. The van der Waals surface area contributed by atoms with Crippen LogP contribution in [0.5, 0.6) is 0 Å². The Balaban J connectivity index is 1.45. The number of fused-ring (bicyclic) bond motifs is 1. The second-order valence-corrected chi connectivity index (χ2v) is 7.95. The number of aromatic nitrogens is 2. The predicted molar refractivity (Wildman–Crippen MR) is 107 cm³/mol. The lowest BCUT2D eigenvalue weighted by atomic mass is 10.1. The molecule has 6 heteroatoms. The average Bonchev–Trinajstić information content (AvgIpc) is 3.28. The van der Waals surface area contributed by atoms with E-state index in [1.165, 1.54) is 5.56 Å². The van der Waals surface area contributed by atoms with Gasteiger partial charge in [-0.25, -0.2) is 4.98 Å². The molecule has 4 rings (SSSR count). The fourth-order valence-corrected chi connectivity index (χ4v) is 4.38. The molecule has 0 unspecified atom stereocenters. The van der Waals surface area contributed by atoms with Gasteiger partial charge in [-0.2, -0.15) is 0 Å². The van der Waals surface area contributed by atoms with Crippen molar-refractivity contribution in [2.24, 2.45) is 7.05 Å². The van der Waals surface area contributed by atoms with E-state index < -0.39 is 0 Å². The van der Waals surface area contributed by atoms with E-state index in [0.717, 1.165) is 53.4 Å². The Morgan fingerprint density at radius 2 is 1.88 bits per heavy atom. The van der Waals surface area contributed by atoms with Gasteiger partial charge in [0.15, 0.2) is 5.16 Å². The third kappa shape index (κ3) is 3.46. The Bertz CT molecular complexity index is 946. The van der Waals surface area contributed by atoms with Crippen molar-refractivity contribution in [1.29, 1.82) is 0 Å². The van der Waals surface area contributed by atoms with Crippen molar-refractivity contribution in [3.8, 4) is 0 Å². The van der Waals surface area contributed by atoms with Crippen molar-refractivity contribution >= 4 is 40.3 Å². The molecule has 0 atom stereocenters. The fraction of sp³-hybridized carbons (Fsp3) is 0.300.